The molecule has 1 unspecified atom stereocenters. The van der Waals surface area contributed by atoms with E-state index in [2.05, 4.69) is 48.0 Å². The van der Waals surface area contributed by atoms with Crippen LogP contribution in [0, 0.1) is 0 Å². The van der Waals surface area contributed by atoms with Crippen LogP contribution in [0.2, 0.25) is 0 Å². The molecule has 0 aromatic carbocycles. The van der Waals surface area contributed by atoms with Crippen LogP contribution in [0.1, 0.15) is 19.5 Å². The zero-order valence-electron chi connectivity index (χ0n) is 11.5. The minimum absolute atomic E-state index is 0.385. The highest BCUT2D eigenvalue weighted by molar-refractivity contribution is 5.28. The van der Waals surface area contributed by atoms with E-state index in [1.54, 1.807) is 6.26 Å². The van der Waals surface area contributed by atoms with Gasteiger partial charge in [0.2, 0.25) is 0 Å². The molecule has 5 nitrogen and oxygen atoms in total. The number of rotatable bonds is 7. The Hall–Kier alpha value is -1.07. The average Bonchev–Trinajstić information content (AvgIpc) is 2.67. The van der Waals surface area contributed by atoms with E-state index in [1.807, 2.05) is 7.05 Å². The van der Waals surface area contributed by atoms with Crippen molar-refractivity contribution >= 4 is 6.01 Å². The summed E-state index contributed by atoms with van der Waals surface area (Å²) in [6.07, 6.45) is 1.72. The van der Waals surface area contributed by atoms with Gasteiger partial charge in [-0.25, -0.2) is 0 Å². The molecule has 1 rings (SSSR count). The van der Waals surface area contributed by atoms with Gasteiger partial charge in [-0.3, -0.25) is 0 Å². The van der Waals surface area contributed by atoms with E-state index in [0.717, 1.165) is 25.3 Å². The second-order valence-electron chi connectivity index (χ2n) is 4.55. The lowest BCUT2D eigenvalue weighted by Gasteiger charge is -2.28. The van der Waals surface area contributed by atoms with Crippen molar-refractivity contribution in [1.82, 2.24) is 15.2 Å². The molecule has 0 aliphatic carbocycles. The molecule has 17 heavy (non-hydrogen) atoms. The highest BCUT2D eigenvalue weighted by atomic mass is 16.4. The van der Waals surface area contributed by atoms with E-state index < -0.39 is 0 Å². The van der Waals surface area contributed by atoms with Crippen molar-refractivity contribution in [3.8, 4) is 0 Å². The molecule has 98 valence electrons. The lowest BCUT2D eigenvalue weighted by molar-refractivity contribution is 0.363. The second kappa shape index (κ2) is 6.61. The van der Waals surface area contributed by atoms with Crippen LogP contribution < -0.4 is 10.2 Å². The summed E-state index contributed by atoms with van der Waals surface area (Å²) in [6.45, 7) is 6.93. The van der Waals surface area contributed by atoms with Gasteiger partial charge >= 0.3 is 0 Å². The molecule has 0 aliphatic heterocycles. The van der Waals surface area contributed by atoms with Crippen molar-refractivity contribution in [3.05, 3.63) is 12.0 Å². The van der Waals surface area contributed by atoms with Gasteiger partial charge < -0.3 is 19.5 Å². The first-order valence-corrected chi connectivity index (χ1v) is 6.08. The van der Waals surface area contributed by atoms with Gasteiger partial charge in [-0.15, -0.1) is 0 Å². The van der Waals surface area contributed by atoms with Crippen LogP contribution in [0.3, 0.4) is 0 Å². The molecule has 0 radical (unpaired) electrons. The Kier molecular flexibility index (Phi) is 5.44. The van der Waals surface area contributed by atoms with Gasteiger partial charge in [-0.1, -0.05) is 0 Å². The SMILES string of the molecule is CCN(c1nc(CNC)co1)C(C)CN(C)C. The van der Waals surface area contributed by atoms with Gasteiger partial charge in [-0.05, 0) is 35.0 Å². The Labute approximate surface area is 104 Å². The van der Waals surface area contributed by atoms with E-state index >= 15 is 0 Å². The molecule has 1 aromatic rings. The first-order chi connectivity index (χ1) is 8.08. The summed E-state index contributed by atoms with van der Waals surface area (Å²) in [4.78, 5) is 8.83. The highest BCUT2D eigenvalue weighted by Gasteiger charge is 2.18. The third kappa shape index (κ3) is 4.02. The second-order valence-corrected chi connectivity index (χ2v) is 4.55. The van der Waals surface area contributed by atoms with Crippen LogP contribution in [0.25, 0.3) is 0 Å². The molecule has 1 atom stereocenters. The quantitative estimate of drug-likeness (QED) is 0.775. The molecule has 1 N–H and O–H groups in total. The van der Waals surface area contributed by atoms with Gasteiger partial charge in [-0.2, -0.15) is 4.98 Å². The molecule has 0 amide bonds. The molecule has 0 saturated carbocycles. The first kappa shape index (κ1) is 14.0. The van der Waals surface area contributed by atoms with Gasteiger partial charge in [0, 0.05) is 25.7 Å². The lowest BCUT2D eigenvalue weighted by atomic mass is 10.3. The zero-order chi connectivity index (χ0) is 12.8. The van der Waals surface area contributed by atoms with Crippen molar-refractivity contribution in [2.45, 2.75) is 26.4 Å². The summed E-state index contributed by atoms with van der Waals surface area (Å²) in [5.41, 5.74) is 0.943. The minimum Gasteiger partial charge on any atom is -0.432 e. The maximum atomic E-state index is 5.53. The van der Waals surface area contributed by atoms with Crippen LogP contribution >= 0.6 is 0 Å². The Morgan fingerprint density at radius 1 is 1.47 bits per heavy atom. The summed E-state index contributed by atoms with van der Waals surface area (Å²) in [5.74, 6) is 0. The molecule has 0 fully saturated rings. The van der Waals surface area contributed by atoms with Gasteiger partial charge in [0.05, 0.1) is 5.69 Å². The van der Waals surface area contributed by atoms with Gasteiger partial charge in [0.1, 0.15) is 6.26 Å². The summed E-state index contributed by atoms with van der Waals surface area (Å²) in [7, 11) is 6.05. The number of aromatic nitrogens is 1. The summed E-state index contributed by atoms with van der Waals surface area (Å²) in [5, 5.41) is 3.07. The van der Waals surface area contributed by atoms with Crippen molar-refractivity contribution in [1.29, 1.82) is 0 Å². The molecular weight excluding hydrogens is 216 g/mol. The van der Waals surface area contributed by atoms with Gasteiger partial charge in [0.15, 0.2) is 0 Å². The largest absolute Gasteiger partial charge is 0.432 e. The van der Waals surface area contributed by atoms with Crippen LogP contribution in [-0.2, 0) is 6.54 Å². The number of nitrogens with one attached hydrogen (secondary N) is 1. The van der Waals surface area contributed by atoms with Crippen LogP contribution in [-0.4, -0.2) is 50.2 Å². The maximum Gasteiger partial charge on any atom is 0.297 e. The molecule has 5 heteroatoms. The summed E-state index contributed by atoms with van der Waals surface area (Å²) >= 11 is 0. The van der Waals surface area contributed by atoms with Crippen LogP contribution in [0.4, 0.5) is 6.01 Å². The molecule has 0 spiro atoms. The highest BCUT2D eigenvalue weighted by Crippen LogP contribution is 2.16. The zero-order valence-corrected chi connectivity index (χ0v) is 11.5. The van der Waals surface area contributed by atoms with E-state index in [9.17, 15) is 0 Å². The Morgan fingerprint density at radius 3 is 2.71 bits per heavy atom. The number of oxazole rings is 1. The summed E-state index contributed by atoms with van der Waals surface area (Å²) < 4.78 is 5.53. The fourth-order valence-electron chi connectivity index (χ4n) is 1.95. The van der Waals surface area contributed by atoms with E-state index in [4.69, 9.17) is 4.42 Å². The number of nitrogens with zero attached hydrogens (tertiary/aromatic N) is 3. The number of likely N-dealkylation sites (N-methyl/N-ethyl adjacent to an activating group) is 2. The minimum atomic E-state index is 0.385. The van der Waals surface area contributed by atoms with Gasteiger partial charge in [0.25, 0.3) is 6.01 Å². The van der Waals surface area contributed by atoms with E-state index in [0.29, 0.717) is 12.1 Å². The van der Waals surface area contributed by atoms with E-state index in [1.165, 1.54) is 0 Å². The molecular formula is C12H24N4O. The van der Waals surface area contributed by atoms with Crippen molar-refractivity contribution < 1.29 is 4.42 Å². The smallest absolute Gasteiger partial charge is 0.297 e. The number of hydrogen-bond donors (Lipinski definition) is 1. The van der Waals surface area contributed by atoms with E-state index in [-0.39, 0.29) is 0 Å². The Bertz CT molecular complexity index is 324. The summed E-state index contributed by atoms with van der Waals surface area (Å²) in [6, 6.07) is 1.10. The van der Waals surface area contributed by atoms with Crippen molar-refractivity contribution in [2.75, 3.05) is 39.1 Å². The monoisotopic (exact) mass is 240 g/mol. The number of anilines is 1. The molecule has 1 aromatic heterocycles. The average molecular weight is 240 g/mol. The van der Waals surface area contributed by atoms with Crippen LogP contribution in [0.15, 0.2) is 10.7 Å². The fraction of sp³-hybridized carbons (Fsp3) is 0.750. The predicted octanol–water partition coefficient (Wildman–Crippen LogP) is 1.17. The maximum absolute atomic E-state index is 5.53. The molecule has 0 aliphatic rings. The third-order valence-corrected chi connectivity index (χ3v) is 2.65. The van der Waals surface area contributed by atoms with Crippen LogP contribution in [0.5, 0.6) is 0 Å². The normalized spacial score (nSPS) is 13.1. The molecule has 1 heterocycles. The number of hydrogen-bond acceptors (Lipinski definition) is 5. The Balaban J connectivity index is 2.71. The molecule has 0 bridgehead atoms. The predicted molar refractivity (Wildman–Crippen MR) is 70.3 cm³/mol. The fourth-order valence-corrected chi connectivity index (χ4v) is 1.95. The third-order valence-electron chi connectivity index (χ3n) is 2.65. The van der Waals surface area contributed by atoms with Crippen molar-refractivity contribution in [3.63, 3.8) is 0 Å². The first-order valence-electron chi connectivity index (χ1n) is 6.08. The lowest BCUT2D eigenvalue weighted by Crippen LogP contribution is -2.40. The topological polar surface area (TPSA) is 44.5 Å². The Morgan fingerprint density at radius 2 is 2.18 bits per heavy atom. The molecule has 0 saturated heterocycles. The standard InChI is InChI=1S/C12H24N4O/c1-6-16(10(2)8-15(4)5)12-14-11(7-13-3)9-17-12/h9-10,13H,6-8H2,1-5H3. The van der Waals surface area contributed by atoms with Crippen molar-refractivity contribution in [2.24, 2.45) is 0 Å².